The molecule has 1 unspecified atom stereocenters. The van der Waals surface area contributed by atoms with E-state index in [2.05, 4.69) is 9.47 Å². The third-order valence-electron chi connectivity index (χ3n) is 1.80. The topological polar surface area (TPSA) is 113 Å². The normalized spacial score (nSPS) is 15.6. The van der Waals surface area contributed by atoms with Crippen molar-refractivity contribution in [3.05, 3.63) is 0 Å². The Morgan fingerprint density at radius 3 is 1.50 bits per heavy atom. The molecular weight excluding hydrogens is 244 g/mol. The van der Waals surface area contributed by atoms with Crippen LogP contribution >= 0.6 is 0 Å². The molecule has 7 nitrogen and oxygen atoms in total. The average Bonchev–Trinajstić information content (AvgIpc) is 2.21. The Morgan fingerprint density at radius 2 is 1.22 bits per heavy atom. The van der Waals surface area contributed by atoms with E-state index in [9.17, 15) is 14.7 Å². The summed E-state index contributed by atoms with van der Waals surface area (Å²) in [4.78, 5) is 22.0. The minimum atomic E-state index is -1.12. The SMILES string of the molecule is C[C@H](O)CC(=O)OCC(O)COC(=O)C[C@@H](C)O. The van der Waals surface area contributed by atoms with Crippen molar-refractivity contribution in [2.45, 2.75) is 45.0 Å². The molecule has 0 radical (unpaired) electrons. The lowest BCUT2D eigenvalue weighted by atomic mass is 10.3. The number of esters is 2. The van der Waals surface area contributed by atoms with Gasteiger partial charge in [0.05, 0.1) is 25.0 Å². The van der Waals surface area contributed by atoms with Crippen LogP contribution in [0.15, 0.2) is 0 Å². The number of aliphatic hydroxyl groups excluding tert-OH is 3. The molecule has 0 fully saturated rings. The van der Waals surface area contributed by atoms with Gasteiger partial charge >= 0.3 is 11.9 Å². The fraction of sp³-hybridized carbons (Fsp3) is 0.818. The van der Waals surface area contributed by atoms with Gasteiger partial charge in [0.15, 0.2) is 0 Å². The van der Waals surface area contributed by atoms with Crippen molar-refractivity contribution in [1.82, 2.24) is 0 Å². The molecule has 7 heteroatoms. The maximum Gasteiger partial charge on any atom is 0.308 e. The van der Waals surface area contributed by atoms with Gasteiger partial charge in [-0.25, -0.2) is 0 Å². The first kappa shape index (κ1) is 16.8. The highest BCUT2D eigenvalue weighted by Gasteiger charge is 2.14. The molecule has 3 atom stereocenters. The summed E-state index contributed by atoms with van der Waals surface area (Å²) in [7, 11) is 0. The molecule has 3 N–H and O–H groups in total. The molecule has 0 heterocycles. The molecule has 0 aliphatic carbocycles. The molecule has 106 valence electrons. The summed E-state index contributed by atoms with van der Waals surface area (Å²) in [6.07, 6.45) is -3.05. The zero-order chi connectivity index (χ0) is 14.1. The maximum absolute atomic E-state index is 11.0. The van der Waals surface area contributed by atoms with Gasteiger partial charge in [-0.3, -0.25) is 9.59 Å². The third-order valence-corrected chi connectivity index (χ3v) is 1.80. The fourth-order valence-corrected chi connectivity index (χ4v) is 1.03. The van der Waals surface area contributed by atoms with Gasteiger partial charge in [-0.2, -0.15) is 0 Å². The van der Waals surface area contributed by atoms with Gasteiger partial charge < -0.3 is 24.8 Å². The summed E-state index contributed by atoms with van der Waals surface area (Å²) in [6, 6.07) is 0. The first-order chi connectivity index (χ1) is 8.31. The summed E-state index contributed by atoms with van der Waals surface area (Å²) in [5.74, 6) is -1.28. The second-order valence-electron chi connectivity index (χ2n) is 4.13. The molecule has 0 spiro atoms. The van der Waals surface area contributed by atoms with Crippen LogP contribution in [0.25, 0.3) is 0 Å². The molecule has 0 saturated carbocycles. The zero-order valence-corrected chi connectivity index (χ0v) is 10.5. The lowest BCUT2D eigenvalue weighted by Crippen LogP contribution is -2.26. The van der Waals surface area contributed by atoms with E-state index in [0.29, 0.717) is 0 Å². The minimum Gasteiger partial charge on any atom is -0.463 e. The van der Waals surface area contributed by atoms with Crippen LogP contribution in [0.4, 0.5) is 0 Å². The average molecular weight is 264 g/mol. The molecule has 0 amide bonds. The lowest BCUT2D eigenvalue weighted by molar-refractivity contribution is -0.154. The van der Waals surface area contributed by atoms with E-state index in [4.69, 9.17) is 10.2 Å². The third kappa shape index (κ3) is 10.0. The Balaban J connectivity index is 3.68. The Labute approximate surface area is 105 Å². The van der Waals surface area contributed by atoms with Crippen molar-refractivity contribution in [3.8, 4) is 0 Å². The Bertz CT molecular complexity index is 236. The fourth-order valence-electron chi connectivity index (χ4n) is 1.03. The van der Waals surface area contributed by atoms with Crippen LogP contribution in [0, 0.1) is 0 Å². The molecule has 0 aromatic carbocycles. The van der Waals surface area contributed by atoms with E-state index >= 15 is 0 Å². The second-order valence-corrected chi connectivity index (χ2v) is 4.13. The molecule has 0 rings (SSSR count). The standard InChI is InChI=1S/C11H20O7/c1-7(12)3-10(15)17-5-9(14)6-18-11(16)4-8(2)13/h7-9,12-14H,3-6H2,1-2H3/t7-,8+,9?. The Kier molecular flexibility index (Phi) is 8.27. The number of aliphatic hydroxyl groups is 3. The summed E-state index contributed by atoms with van der Waals surface area (Å²) < 4.78 is 9.28. The molecular formula is C11H20O7. The number of carbonyl (C=O) groups is 2. The number of carbonyl (C=O) groups excluding carboxylic acids is 2. The van der Waals surface area contributed by atoms with Crippen LogP contribution in [0.2, 0.25) is 0 Å². The van der Waals surface area contributed by atoms with Crippen LogP contribution in [-0.2, 0) is 19.1 Å². The van der Waals surface area contributed by atoms with Gasteiger partial charge in [-0.1, -0.05) is 0 Å². The van der Waals surface area contributed by atoms with Crippen molar-refractivity contribution in [2.75, 3.05) is 13.2 Å². The van der Waals surface area contributed by atoms with Crippen molar-refractivity contribution in [3.63, 3.8) is 0 Å². The highest BCUT2D eigenvalue weighted by atomic mass is 16.6. The quantitative estimate of drug-likeness (QED) is 0.481. The van der Waals surface area contributed by atoms with Gasteiger partial charge in [-0.05, 0) is 13.8 Å². The van der Waals surface area contributed by atoms with Crippen molar-refractivity contribution >= 4 is 11.9 Å². The van der Waals surface area contributed by atoms with Gasteiger partial charge in [0.2, 0.25) is 0 Å². The molecule has 0 saturated heterocycles. The molecule has 0 aliphatic heterocycles. The van der Waals surface area contributed by atoms with Crippen LogP contribution in [0.3, 0.4) is 0 Å². The Morgan fingerprint density at radius 1 is 0.889 bits per heavy atom. The second kappa shape index (κ2) is 8.84. The molecule has 18 heavy (non-hydrogen) atoms. The predicted molar refractivity (Wildman–Crippen MR) is 60.5 cm³/mol. The monoisotopic (exact) mass is 264 g/mol. The summed E-state index contributed by atoms with van der Waals surface area (Å²) in [5.41, 5.74) is 0. The first-order valence-electron chi connectivity index (χ1n) is 5.66. The summed E-state index contributed by atoms with van der Waals surface area (Å²) >= 11 is 0. The van der Waals surface area contributed by atoms with E-state index < -0.39 is 30.3 Å². The van der Waals surface area contributed by atoms with Crippen LogP contribution in [0.5, 0.6) is 0 Å². The molecule has 0 aromatic heterocycles. The van der Waals surface area contributed by atoms with Gasteiger partial charge in [0, 0.05) is 0 Å². The van der Waals surface area contributed by atoms with Crippen molar-refractivity contribution < 1.29 is 34.4 Å². The minimum absolute atomic E-state index is 0.158. The molecule has 0 aliphatic rings. The van der Waals surface area contributed by atoms with Crippen molar-refractivity contribution in [2.24, 2.45) is 0 Å². The van der Waals surface area contributed by atoms with E-state index in [1.807, 2.05) is 0 Å². The van der Waals surface area contributed by atoms with E-state index in [1.165, 1.54) is 13.8 Å². The van der Waals surface area contributed by atoms with Crippen LogP contribution < -0.4 is 0 Å². The number of hydrogen-bond donors (Lipinski definition) is 3. The maximum atomic E-state index is 11.0. The molecule has 0 bridgehead atoms. The van der Waals surface area contributed by atoms with Gasteiger partial charge in [-0.15, -0.1) is 0 Å². The molecule has 0 aromatic rings. The van der Waals surface area contributed by atoms with Gasteiger partial charge in [0.25, 0.3) is 0 Å². The summed E-state index contributed by atoms with van der Waals surface area (Å²) in [5, 5.41) is 27.1. The van der Waals surface area contributed by atoms with Crippen molar-refractivity contribution in [1.29, 1.82) is 0 Å². The highest BCUT2D eigenvalue weighted by Crippen LogP contribution is 1.97. The highest BCUT2D eigenvalue weighted by molar-refractivity contribution is 5.70. The van der Waals surface area contributed by atoms with E-state index in [0.717, 1.165) is 0 Å². The van der Waals surface area contributed by atoms with E-state index in [1.54, 1.807) is 0 Å². The number of ether oxygens (including phenoxy) is 2. The predicted octanol–water partition coefficient (Wildman–Crippen LogP) is -1.02. The van der Waals surface area contributed by atoms with Crippen LogP contribution in [-0.4, -0.2) is 58.8 Å². The van der Waals surface area contributed by atoms with Crippen LogP contribution in [0.1, 0.15) is 26.7 Å². The summed E-state index contributed by atoms with van der Waals surface area (Å²) in [6.45, 7) is 2.26. The number of rotatable bonds is 8. The first-order valence-corrected chi connectivity index (χ1v) is 5.66. The largest absolute Gasteiger partial charge is 0.463 e. The van der Waals surface area contributed by atoms with Gasteiger partial charge in [0.1, 0.15) is 19.3 Å². The Hall–Kier alpha value is -1.18. The number of hydrogen-bond acceptors (Lipinski definition) is 7. The lowest BCUT2D eigenvalue weighted by Gasteiger charge is -2.12. The van der Waals surface area contributed by atoms with E-state index in [-0.39, 0.29) is 26.1 Å². The smallest absolute Gasteiger partial charge is 0.308 e. The zero-order valence-electron chi connectivity index (χ0n) is 10.5.